The minimum atomic E-state index is -1.09. The Morgan fingerprint density at radius 1 is 0.857 bits per heavy atom. The van der Waals surface area contributed by atoms with Gasteiger partial charge in [0.05, 0.1) is 6.42 Å². The number of unbranched alkanes of at least 4 members (excludes halogenated alkanes) is 9. The molecule has 0 aromatic carbocycles. The summed E-state index contributed by atoms with van der Waals surface area (Å²) in [4.78, 5) is 21.3. The SMILES string of the molecule is CCCCCCCCCCCCN[C@@H](CC(=O)O)C(=O)O. The van der Waals surface area contributed by atoms with Gasteiger partial charge in [-0.1, -0.05) is 64.7 Å². The molecule has 0 radical (unpaired) electrons. The Morgan fingerprint density at radius 3 is 1.76 bits per heavy atom. The molecule has 0 unspecified atom stereocenters. The molecule has 0 aromatic heterocycles. The molecule has 0 aliphatic rings. The number of aliphatic carboxylic acids is 2. The summed E-state index contributed by atoms with van der Waals surface area (Å²) in [6, 6.07) is -0.971. The summed E-state index contributed by atoms with van der Waals surface area (Å²) in [5, 5.41) is 20.3. The Hall–Kier alpha value is -1.10. The van der Waals surface area contributed by atoms with Crippen molar-refractivity contribution in [3.05, 3.63) is 0 Å². The van der Waals surface area contributed by atoms with Gasteiger partial charge in [0.25, 0.3) is 0 Å². The molecule has 21 heavy (non-hydrogen) atoms. The van der Waals surface area contributed by atoms with Gasteiger partial charge < -0.3 is 15.5 Å². The van der Waals surface area contributed by atoms with Crippen molar-refractivity contribution in [3.63, 3.8) is 0 Å². The van der Waals surface area contributed by atoms with Crippen LogP contribution in [0.4, 0.5) is 0 Å². The van der Waals surface area contributed by atoms with Crippen molar-refractivity contribution in [2.45, 2.75) is 83.6 Å². The number of rotatable bonds is 15. The lowest BCUT2D eigenvalue weighted by atomic mass is 10.1. The molecule has 0 saturated carbocycles. The summed E-state index contributed by atoms with van der Waals surface area (Å²) in [6.07, 6.45) is 11.9. The van der Waals surface area contributed by atoms with Crippen LogP contribution in [0.15, 0.2) is 0 Å². The van der Waals surface area contributed by atoms with E-state index >= 15 is 0 Å². The molecular formula is C16H31NO4. The normalized spacial score (nSPS) is 12.2. The van der Waals surface area contributed by atoms with Crippen LogP contribution in [0.3, 0.4) is 0 Å². The molecule has 124 valence electrons. The van der Waals surface area contributed by atoms with Gasteiger partial charge >= 0.3 is 11.9 Å². The first-order valence-electron chi connectivity index (χ1n) is 8.26. The molecule has 5 heteroatoms. The molecular weight excluding hydrogens is 270 g/mol. The topological polar surface area (TPSA) is 86.6 Å². The quantitative estimate of drug-likeness (QED) is 0.403. The Kier molecular flexibility index (Phi) is 13.1. The summed E-state index contributed by atoms with van der Waals surface area (Å²) < 4.78 is 0. The van der Waals surface area contributed by atoms with E-state index < -0.39 is 18.0 Å². The minimum Gasteiger partial charge on any atom is -0.481 e. The number of carboxylic acid groups (broad SMARTS) is 2. The first kappa shape index (κ1) is 19.9. The van der Waals surface area contributed by atoms with Crippen LogP contribution in [0.25, 0.3) is 0 Å². The summed E-state index contributed by atoms with van der Waals surface area (Å²) in [5.74, 6) is -2.18. The molecule has 3 N–H and O–H groups in total. The van der Waals surface area contributed by atoms with Crippen molar-refractivity contribution in [1.82, 2.24) is 5.32 Å². The van der Waals surface area contributed by atoms with E-state index in [2.05, 4.69) is 12.2 Å². The maximum Gasteiger partial charge on any atom is 0.321 e. The fourth-order valence-corrected chi connectivity index (χ4v) is 2.31. The van der Waals surface area contributed by atoms with E-state index in [-0.39, 0.29) is 6.42 Å². The Balaban J connectivity index is 3.38. The standard InChI is InChI=1S/C16H31NO4/c1-2-3-4-5-6-7-8-9-10-11-12-17-14(16(20)21)13-15(18)19/h14,17H,2-13H2,1H3,(H,18,19)(H,20,21)/t14-/m0/s1. The third-order valence-corrected chi connectivity index (χ3v) is 3.60. The second kappa shape index (κ2) is 13.9. The van der Waals surface area contributed by atoms with Crippen LogP contribution < -0.4 is 5.32 Å². The number of nitrogens with one attached hydrogen (secondary N) is 1. The lowest BCUT2D eigenvalue weighted by Gasteiger charge is -2.11. The monoisotopic (exact) mass is 301 g/mol. The first-order valence-corrected chi connectivity index (χ1v) is 8.26. The predicted octanol–water partition coefficient (Wildman–Crippen LogP) is 3.42. The molecule has 0 saturated heterocycles. The molecule has 0 bridgehead atoms. The zero-order valence-corrected chi connectivity index (χ0v) is 13.3. The average molecular weight is 301 g/mol. The molecule has 0 fully saturated rings. The Morgan fingerprint density at radius 2 is 1.33 bits per heavy atom. The smallest absolute Gasteiger partial charge is 0.321 e. The van der Waals surface area contributed by atoms with Gasteiger partial charge in [-0.15, -0.1) is 0 Å². The van der Waals surface area contributed by atoms with Gasteiger partial charge in [-0.2, -0.15) is 0 Å². The lowest BCUT2D eigenvalue weighted by Crippen LogP contribution is -2.39. The molecule has 0 aliphatic carbocycles. The zero-order valence-electron chi connectivity index (χ0n) is 13.3. The predicted molar refractivity (Wildman–Crippen MR) is 83.5 cm³/mol. The molecule has 5 nitrogen and oxygen atoms in total. The van der Waals surface area contributed by atoms with E-state index in [0.29, 0.717) is 6.54 Å². The molecule has 0 aromatic rings. The van der Waals surface area contributed by atoms with Crippen molar-refractivity contribution < 1.29 is 19.8 Å². The van der Waals surface area contributed by atoms with Crippen LogP contribution in [0, 0.1) is 0 Å². The van der Waals surface area contributed by atoms with Gasteiger partial charge in [0.2, 0.25) is 0 Å². The highest BCUT2D eigenvalue weighted by molar-refractivity contribution is 5.80. The third-order valence-electron chi connectivity index (χ3n) is 3.60. The minimum absolute atomic E-state index is 0.368. The average Bonchev–Trinajstić information content (AvgIpc) is 2.42. The van der Waals surface area contributed by atoms with Gasteiger partial charge in [-0.3, -0.25) is 9.59 Å². The van der Waals surface area contributed by atoms with Gasteiger partial charge in [0, 0.05) is 0 Å². The highest BCUT2D eigenvalue weighted by atomic mass is 16.4. The highest BCUT2D eigenvalue weighted by Gasteiger charge is 2.19. The summed E-state index contributed by atoms with van der Waals surface area (Å²) in [5.41, 5.74) is 0. The van der Waals surface area contributed by atoms with Crippen molar-refractivity contribution in [2.24, 2.45) is 0 Å². The molecule has 0 amide bonds. The number of carbonyl (C=O) groups is 2. The van der Waals surface area contributed by atoms with Crippen LogP contribution in [-0.2, 0) is 9.59 Å². The molecule has 0 spiro atoms. The summed E-state index contributed by atoms with van der Waals surface area (Å²) in [6.45, 7) is 2.79. The first-order chi connectivity index (χ1) is 10.1. The summed E-state index contributed by atoms with van der Waals surface area (Å²) in [7, 11) is 0. The van der Waals surface area contributed by atoms with Crippen molar-refractivity contribution in [3.8, 4) is 0 Å². The highest BCUT2D eigenvalue weighted by Crippen LogP contribution is 2.10. The van der Waals surface area contributed by atoms with Crippen LogP contribution in [0.2, 0.25) is 0 Å². The fourth-order valence-electron chi connectivity index (χ4n) is 2.31. The number of carboxylic acids is 2. The van der Waals surface area contributed by atoms with Crippen LogP contribution in [0.5, 0.6) is 0 Å². The van der Waals surface area contributed by atoms with Gasteiger partial charge in [-0.05, 0) is 13.0 Å². The van der Waals surface area contributed by atoms with Gasteiger partial charge in [-0.25, -0.2) is 0 Å². The van der Waals surface area contributed by atoms with Crippen molar-refractivity contribution in [1.29, 1.82) is 0 Å². The second-order valence-electron chi connectivity index (χ2n) is 5.62. The lowest BCUT2D eigenvalue weighted by molar-refractivity contribution is -0.145. The second-order valence-corrected chi connectivity index (χ2v) is 5.62. The largest absolute Gasteiger partial charge is 0.481 e. The number of hydrogen-bond acceptors (Lipinski definition) is 3. The van der Waals surface area contributed by atoms with Crippen LogP contribution >= 0.6 is 0 Å². The van der Waals surface area contributed by atoms with E-state index in [4.69, 9.17) is 10.2 Å². The fraction of sp³-hybridized carbons (Fsp3) is 0.875. The van der Waals surface area contributed by atoms with Crippen LogP contribution in [-0.4, -0.2) is 34.7 Å². The molecule has 1 atom stereocenters. The van der Waals surface area contributed by atoms with E-state index in [1.165, 1.54) is 51.4 Å². The van der Waals surface area contributed by atoms with Crippen molar-refractivity contribution in [2.75, 3.05) is 6.54 Å². The van der Waals surface area contributed by atoms with Gasteiger partial charge in [0.1, 0.15) is 6.04 Å². The van der Waals surface area contributed by atoms with Crippen molar-refractivity contribution >= 4 is 11.9 Å². The zero-order chi connectivity index (χ0) is 15.9. The third kappa shape index (κ3) is 13.6. The van der Waals surface area contributed by atoms with Crippen LogP contribution in [0.1, 0.15) is 77.6 Å². The maximum atomic E-state index is 10.8. The maximum absolute atomic E-state index is 10.8. The molecule has 0 rings (SSSR count). The Bertz CT molecular complexity index is 281. The molecule has 0 aliphatic heterocycles. The van der Waals surface area contributed by atoms with E-state index in [1.54, 1.807) is 0 Å². The molecule has 0 heterocycles. The summed E-state index contributed by atoms with van der Waals surface area (Å²) >= 11 is 0. The van der Waals surface area contributed by atoms with E-state index in [0.717, 1.165) is 12.8 Å². The number of hydrogen-bond donors (Lipinski definition) is 3. The van der Waals surface area contributed by atoms with E-state index in [9.17, 15) is 9.59 Å². The van der Waals surface area contributed by atoms with E-state index in [1.807, 2.05) is 0 Å². The van der Waals surface area contributed by atoms with Gasteiger partial charge in [0.15, 0.2) is 0 Å². The Labute approximate surface area is 128 Å².